The SMILES string of the molecule is CCC(OC(=O)c1cccnc1)C(=O)Nc1ccc(OC)c(Cl)c1. The van der Waals surface area contributed by atoms with E-state index in [2.05, 4.69) is 10.3 Å². The minimum absolute atomic E-state index is 0.288. The van der Waals surface area contributed by atoms with Crippen LogP contribution >= 0.6 is 11.6 Å². The Morgan fingerprint density at radius 2 is 2.12 bits per heavy atom. The van der Waals surface area contributed by atoms with E-state index in [1.54, 1.807) is 43.5 Å². The van der Waals surface area contributed by atoms with E-state index in [1.165, 1.54) is 13.3 Å². The largest absolute Gasteiger partial charge is 0.495 e. The molecule has 6 nitrogen and oxygen atoms in total. The molecule has 1 amide bonds. The number of hydrogen-bond donors (Lipinski definition) is 1. The molecule has 1 aromatic carbocycles. The number of nitrogens with zero attached hydrogens (tertiary/aromatic N) is 1. The predicted molar refractivity (Wildman–Crippen MR) is 90.4 cm³/mol. The van der Waals surface area contributed by atoms with Crippen molar-refractivity contribution in [1.82, 2.24) is 4.98 Å². The molecule has 0 radical (unpaired) electrons. The third kappa shape index (κ3) is 4.45. The smallest absolute Gasteiger partial charge is 0.340 e. The normalized spacial score (nSPS) is 11.5. The number of amides is 1. The Morgan fingerprint density at radius 1 is 1.33 bits per heavy atom. The number of methoxy groups -OCH3 is 1. The quantitative estimate of drug-likeness (QED) is 0.810. The van der Waals surface area contributed by atoms with Gasteiger partial charge in [-0.05, 0) is 36.8 Å². The highest BCUT2D eigenvalue weighted by atomic mass is 35.5. The molecule has 0 saturated carbocycles. The Bertz CT molecular complexity index is 722. The van der Waals surface area contributed by atoms with Crippen LogP contribution in [-0.4, -0.2) is 30.1 Å². The van der Waals surface area contributed by atoms with E-state index in [-0.39, 0.29) is 5.56 Å². The molecule has 1 heterocycles. The first-order valence-corrected chi connectivity index (χ1v) is 7.68. The van der Waals surface area contributed by atoms with Gasteiger partial charge in [0.25, 0.3) is 5.91 Å². The van der Waals surface area contributed by atoms with E-state index in [0.717, 1.165) is 0 Å². The number of benzene rings is 1. The van der Waals surface area contributed by atoms with Crippen LogP contribution in [0.15, 0.2) is 42.7 Å². The molecule has 0 aliphatic carbocycles. The number of rotatable bonds is 6. The molecule has 0 bridgehead atoms. The van der Waals surface area contributed by atoms with Gasteiger partial charge in [0, 0.05) is 18.1 Å². The van der Waals surface area contributed by atoms with Crippen molar-refractivity contribution >= 4 is 29.2 Å². The van der Waals surface area contributed by atoms with Crippen molar-refractivity contribution in [1.29, 1.82) is 0 Å². The second-order valence-electron chi connectivity index (χ2n) is 4.88. The van der Waals surface area contributed by atoms with Crippen molar-refractivity contribution < 1.29 is 19.1 Å². The zero-order valence-electron chi connectivity index (χ0n) is 13.3. The molecule has 1 aromatic heterocycles. The number of ether oxygens (including phenoxy) is 2. The number of esters is 1. The summed E-state index contributed by atoms with van der Waals surface area (Å²) in [5.41, 5.74) is 0.776. The Balaban J connectivity index is 2.03. The van der Waals surface area contributed by atoms with Gasteiger partial charge in [0.1, 0.15) is 5.75 Å². The summed E-state index contributed by atoms with van der Waals surface area (Å²) in [5, 5.41) is 3.04. The lowest BCUT2D eigenvalue weighted by molar-refractivity contribution is -0.124. The average molecular weight is 349 g/mol. The van der Waals surface area contributed by atoms with E-state index in [4.69, 9.17) is 21.1 Å². The lowest BCUT2D eigenvalue weighted by Gasteiger charge is -2.16. The Hall–Kier alpha value is -2.60. The van der Waals surface area contributed by atoms with Crippen LogP contribution in [0, 0.1) is 0 Å². The standard InChI is InChI=1S/C17H17ClN2O4/c1-3-14(24-17(22)11-5-4-8-19-10-11)16(21)20-12-6-7-15(23-2)13(18)9-12/h4-10,14H,3H2,1-2H3,(H,20,21). The van der Waals surface area contributed by atoms with Gasteiger partial charge in [-0.3, -0.25) is 9.78 Å². The molecule has 0 aliphatic rings. The predicted octanol–water partition coefficient (Wildman–Crippen LogP) is 3.32. The molecular formula is C17H17ClN2O4. The minimum atomic E-state index is -0.918. The van der Waals surface area contributed by atoms with E-state index in [9.17, 15) is 9.59 Å². The lowest BCUT2D eigenvalue weighted by atomic mass is 10.2. The zero-order valence-corrected chi connectivity index (χ0v) is 14.0. The summed E-state index contributed by atoms with van der Waals surface area (Å²) in [7, 11) is 1.50. The van der Waals surface area contributed by atoms with Crippen molar-refractivity contribution in [2.45, 2.75) is 19.4 Å². The summed E-state index contributed by atoms with van der Waals surface area (Å²) in [4.78, 5) is 28.2. The number of nitrogens with one attached hydrogen (secondary N) is 1. The summed E-state index contributed by atoms with van der Waals surface area (Å²) in [6.45, 7) is 1.75. The third-order valence-electron chi connectivity index (χ3n) is 3.23. The summed E-state index contributed by atoms with van der Waals surface area (Å²) in [6, 6.07) is 8.05. The summed E-state index contributed by atoms with van der Waals surface area (Å²) < 4.78 is 10.3. The van der Waals surface area contributed by atoms with Gasteiger partial charge in [-0.1, -0.05) is 18.5 Å². The molecule has 0 spiro atoms. The van der Waals surface area contributed by atoms with E-state index in [0.29, 0.717) is 22.9 Å². The van der Waals surface area contributed by atoms with E-state index >= 15 is 0 Å². The Morgan fingerprint density at radius 3 is 2.71 bits per heavy atom. The molecule has 126 valence electrons. The third-order valence-corrected chi connectivity index (χ3v) is 3.52. The second kappa shape index (κ2) is 8.31. The Kier molecular flexibility index (Phi) is 6.14. The fourth-order valence-corrected chi connectivity index (χ4v) is 2.23. The maximum atomic E-state index is 12.3. The van der Waals surface area contributed by atoms with Crippen LogP contribution in [0.2, 0.25) is 5.02 Å². The number of aromatic nitrogens is 1. The first-order chi connectivity index (χ1) is 11.5. The first kappa shape index (κ1) is 17.7. The van der Waals surface area contributed by atoms with Crippen LogP contribution in [0.5, 0.6) is 5.75 Å². The first-order valence-electron chi connectivity index (χ1n) is 7.30. The molecule has 1 unspecified atom stereocenters. The number of hydrogen-bond acceptors (Lipinski definition) is 5. The van der Waals surface area contributed by atoms with Gasteiger partial charge in [0.2, 0.25) is 0 Å². The summed E-state index contributed by atoms with van der Waals surface area (Å²) in [5.74, 6) is -0.529. The molecule has 0 saturated heterocycles. The number of anilines is 1. The van der Waals surface area contributed by atoms with E-state index in [1.807, 2.05) is 0 Å². The lowest BCUT2D eigenvalue weighted by Crippen LogP contribution is -2.32. The maximum absolute atomic E-state index is 12.3. The van der Waals surface area contributed by atoms with E-state index < -0.39 is 18.0 Å². The van der Waals surface area contributed by atoms with Gasteiger partial charge in [-0.15, -0.1) is 0 Å². The number of halogens is 1. The maximum Gasteiger partial charge on any atom is 0.340 e. The van der Waals surface area contributed by atoms with Crippen LogP contribution in [0.3, 0.4) is 0 Å². The van der Waals surface area contributed by atoms with Crippen LogP contribution in [0.25, 0.3) is 0 Å². The van der Waals surface area contributed by atoms with Crippen LogP contribution in [0.4, 0.5) is 5.69 Å². The van der Waals surface area contributed by atoms with Crippen molar-refractivity contribution in [2.24, 2.45) is 0 Å². The molecule has 24 heavy (non-hydrogen) atoms. The summed E-state index contributed by atoms with van der Waals surface area (Å²) >= 11 is 6.02. The molecule has 2 aromatic rings. The molecular weight excluding hydrogens is 332 g/mol. The van der Waals surface area contributed by atoms with Crippen molar-refractivity contribution in [2.75, 3.05) is 12.4 Å². The van der Waals surface area contributed by atoms with Crippen LogP contribution in [0.1, 0.15) is 23.7 Å². The van der Waals surface area contributed by atoms with Crippen LogP contribution in [-0.2, 0) is 9.53 Å². The molecule has 1 atom stereocenters. The molecule has 0 fully saturated rings. The van der Waals surface area contributed by atoms with Gasteiger partial charge in [-0.2, -0.15) is 0 Å². The fourth-order valence-electron chi connectivity index (χ4n) is 1.97. The highest BCUT2D eigenvalue weighted by Crippen LogP contribution is 2.27. The number of carbonyl (C=O) groups is 2. The van der Waals surface area contributed by atoms with Crippen molar-refractivity contribution in [3.63, 3.8) is 0 Å². The average Bonchev–Trinajstić information content (AvgIpc) is 2.60. The fraction of sp³-hybridized carbons (Fsp3) is 0.235. The summed E-state index contributed by atoms with van der Waals surface area (Å²) in [6.07, 6.45) is 2.35. The number of pyridine rings is 1. The molecule has 0 aliphatic heterocycles. The molecule has 2 rings (SSSR count). The minimum Gasteiger partial charge on any atom is -0.495 e. The highest BCUT2D eigenvalue weighted by molar-refractivity contribution is 6.32. The van der Waals surface area contributed by atoms with Gasteiger partial charge in [-0.25, -0.2) is 4.79 Å². The second-order valence-corrected chi connectivity index (χ2v) is 5.29. The van der Waals surface area contributed by atoms with Gasteiger partial charge in [0.15, 0.2) is 6.10 Å². The Labute approximate surface area is 144 Å². The number of carbonyl (C=O) groups excluding carboxylic acids is 2. The molecule has 7 heteroatoms. The molecule has 1 N–H and O–H groups in total. The zero-order chi connectivity index (χ0) is 17.5. The van der Waals surface area contributed by atoms with Crippen LogP contribution < -0.4 is 10.1 Å². The van der Waals surface area contributed by atoms with Gasteiger partial charge in [0.05, 0.1) is 17.7 Å². The van der Waals surface area contributed by atoms with Gasteiger partial charge >= 0.3 is 5.97 Å². The topological polar surface area (TPSA) is 77.5 Å². The van der Waals surface area contributed by atoms with Crippen molar-refractivity contribution in [3.05, 3.63) is 53.3 Å². The highest BCUT2D eigenvalue weighted by Gasteiger charge is 2.22. The van der Waals surface area contributed by atoms with Crippen molar-refractivity contribution in [3.8, 4) is 5.75 Å². The monoisotopic (exact) mass is 348 g/mol. The van der Waals surface area contributed by atoms with Gasteiger partial charge < -0.3 is 14.8 Å².